The highest BCUT2D eigenvalue weighted by Gasteiger charge is 2.06. The van der Waals surface area contributed by atoms with Gasteiger partial charge >= 0.3 is 0 Å². The second kappa shape index (κ2) is 14.8. The molecule has 1 rings (SSSR count). The summed E-state index contributed by atoms with van der Waals surface area (Å²) in [4.78, 5) is 0. The maximum atomic E-state index is 5.82. The summed E-state index contributed by atoms with van der Waals surface area (Å²) in [6, 6.07) is 10.1. The first-order valence-corrected chi connectivity index (χ1v) is 11.6. The lowest BCUT2D eigenvalue weighted by Crippen LogP contribution is -2.06. The van der Waals surface area contributed by atoms with Crippen LogP contribution < -0.4 is 9.47 Å². The summed E-state index contributed by atoms with van der Waals surface area (Å²) in [5.41, 5.74) is 0. The minimum Gasteiger partial charge on any atom is -0.493 e. The van der Waals surface area contributed by atoms with Crippen molar-refractivity contribution in [2.45, 2.75) is 92.9 Å². The molecular weight excluding hydrogens is 344 g/mol. The molecule has 1 aromatic carbocycles. The van der Waals surface area contributed by atoms with Gasteiger partial charge < -0.3 is 9.47 Å². The van der Waals surface area contributed by atoms with Gasteiger partial charge in [0.2, 0.25) is 0 Å². The average Bonchev–Trinajstić information content (AvgIpc) is 2.62. The first kappa shape index (κ1) is 24.9. The fourth-order valence-electron chi connectivity index (χ4n) is 3.30. The lowest BCUT2D eigenvalue weighted by atomic mass is 9.98. The zero-order chi connectivity index (χ0) is 20.8. The minimum absolute atomic E-state index is 0.716. The molecule has 2 atom stereocenters. The van der Waals surface area contributed by atoms with E-state index in [1.165, 1.54) is 38.5 Å². The molecule has 0 aliphatic rings. The van der Waals surface area contributed by atoms with E-state index in [9.17, 15) is 0 Å². The molecule has 2 radical (unpaired) electrons. The molecule has 0 saturated heterocycles. The van der Waals surface area contributed by atoms with Crippen LogP contribution in [0.4, 0.5) is 0 Å². The minimum atomic E-state index is 0.716. The Bertz CT molecular complexity index is 433. The van der Waals surface area contributed by atoms with Crippen LogP contribution in [0.25, 0.3) is 0 Å². The molecule has 2 unspecified atom stereocenters. The molecule has 0 heterocycles. The number of hydrogen-bond acceptors (Lipinski definition) is 2. The third kappa shape index (κ3) is 13.1. The quantitative estimate of drug-likeness (QED) is 0.288. The highest BCUT2D eigenvalue weighted by molar-refractivity contribution is 5.28. The standard InChI is InChI=1S/C26H44O2/c1-21(2)9-7-11-23(5)17-19-27-25-13-15-26(16-14-25)28-20-18-24(6)12-8-10-22(3)4/h13,16,21-24H,7-12,17-20H2,1-6H3. The fourth-order valence-corrected chi connectivity index (χ4v) is 3.30. The number of benzene rings is 1. The Hall–Kier alpha value is -1.18. The van der Waals surface area contributed by atoms with Crippen molar-refractivity contribution in [3.63, 3.8) is 0 Å². The van der Waals surface area contributed by atoms with Gasteiger partial charge in [-0.3, -0.25) is 0 Å². The van der Waals surface area contributed by atoms with E-state index in [4.69, 9.17) is 9.47 Å². The first-order valence-electron chi connectivity index (χ1n) is 11.6. The maximum Gasteiger partial charge on any atom is 0.128 e. The lowest BCUT2D eigenvalue weighted by molar-refractivity contribution is 0.268. The van der Waals surface area contributed by atoms with E-state index in [0.29, 0.717) is 11.8 Å². The van der Waals surface area contributed by atoms with Crippen molar-refractivity contribution in [3.8, 4) is 11.5 Å². The number of ether oxygens (including phenoxy) is 2. The van der Waals surface area contributed by atoms with Gasteiger partial charge in [-0.15, -0.1) is 0 Å². The van der Waals surface area contributed by atoms with Crippen LogP contribution in [0, 0.1) is 35.8 Å². The molecule has 0 saturated carbocycles. The molecule has 0 amide bonds. The van der Waals surface area contributed by atoms with Gasteiger partial charge in [-0.05, 0) is 48.6 Å². The van der Waals surface area contributed by atoms with Gasteiger partial charge in [0, 0.05) is 12.1 Å². The van der Waals surface area contributed by atoms with E-state index in [-0.39, 0.29) is 0 Å². The van der Waals surface area contributed by atoms with Crippen molar-refractivity contribution in [2.75, 3.05) is 13.2 Å². The van der Waals surface area contributed by atoms with Crippen LogP contribution in [0.2, 0.25) is 0 Å². The molecule has 2 heteroatoms. The third-order valence-electron chi connectivity index (χ3n) is 5.38. The van der Waals surface area contributed by atoms with Crippen molar-refractivity contribution in [3.05, 3.63) is 24.3 Å². The number of rotatable bonds is 16. The molecule has 0 fully saturated rings. The topological polar surface area (TPSA) is 18.5 Å². The van der Waals surface area contributed by atoms with Gasteiger partial charge in [-0.2, -0.15) is 0 Å². The Balaban J connectivity index is 2.14. The molecule has 0 spiro atoms. The molecule has 0 aromatic heterocycles. The van der Waals surface area contributed by atoms with Crippen molar-refractivity contribution in [2.24, 2.45) is 23.7 Å². The largest absolute Gasteiger partial charge is 0.493 e. The average molecular weight is 389 g/mol. The molecule has 0 N–H and O–H groups in total. The third-order valence-corrected chi connectivity index (χ3v) is 5.38. The Labute approximate surface area is 175 Å². The van der Waals surface area contributed by atoms with Crippen LogP contribution in [-0.4, -0.2) is 13.2 Å². The van der Waals surface area contributed by atoms with Crippen LogP contribution in [0.1, 0.15) is 92.9 Å². The predicted molar refractivity (Wildman–Crippen MR) is 120 cm³/mol. The molecule has 0 aliphatic heterocycles. The van der Waals surface area contributed by atoms with Gasteiger partial charge in [0.25, 0.3) is 0 Å². The second-order valence-electron chi connectivity index (χ2n) is 9.44. The van der Waals surface area contributed by atoms with E-state index in [0.717, 1.165) is 49.4 Å². The summed E-state index contributed by atoms with van der Waals surface area (Å²) >= 11 is 0. The summed E-state index contributed by atoms with van der Waals surface area (Å²) in [6.45, 7) is 15.3. The molecule has 1 aromatic rings. The Morgan fingerprint density at radius 3 is 1.32 bits per heavy atom. The van der Waals surface area contributed by atoms with Crippen molar-refractivity contribution < 1.29 is 9.47 Å². The van der Waals surface area contributed by atoms with Crippen LogP contribution in [-0.2, 0) is 0 Å². The van der Waals surface area contributed by atoms with Gasteiger partial charge in [0.1, 0.15) is 11.5 Å². The zero-order valence-corrected chi connectivity index (χ0v) is 19.4. The lowest BCUT2D eigenvalue weighted by Gasteiger charge is -2.14. The SMILES string of the molecule is CC(C)CCCC(C)CCOc1[c]cc(OCCC(C)CCCC(C)C)[c]c1. The van der Waals surface area contributed by atoms with E-state index < -0.39 is 0 Å². The smallest absolute Gasteiger partial charge is 0.128 e. The summed E-state index contributed by atoms with van der Waals surface area (Å²) in [5.74, 6) is 4.58. The summed E-state index contributed by atoms with van der Waals surface area (Å²) < 4.78 is 11.6. The van der Waals surface area contributed by atoms with E-state index in [2.05, 4.69) is 53.7 Å². The molecule has 0 bridgehead atoms. The molecule has 2 nitrogen and oxygen atoms in total. The van der Waals surface area contributed by atoms with E-state index in [1.807, 2.05) is 12.1 Å². The summed E-state index contributed by atoms with van der Waals surface area (Å²) in [5, 5.41) is 0. The highest BCUT2D eigenvalue weighted by atomic mass is 16.5. The van der Waals surface area contributed by atoms with Crippen LogP contribution in [0.15, 0.2) is 12.1 Å². The number of hydrogen-bond donors (Lipinski definition) is 0. The Morgan fingerprint density at radius 1 is 0.607 bits per heavy atom. The van der Waals surface area contributed by atoms with Gasteiger partial charge in [0.15, 0.2) is 0 Å². The Kier molecular flexibility index (Phi) is 13.1. The fraction of sp³-hybridized carbons (Fsp3) is 0.769. The molecule has 0 aliphatic carbocycles. The van der Waals surface area contributed by atoms with Gasteiger partial charge in [-0.1, -0.05) is 80.1 Å². The van der Waals surface area contributed by atoms with Crippen LogP contribution in [0.3, 0.4) is 0 Å². The van der Waals surface area contributed by atoms with Crippen molar-refractivity contribution in [1.82, 2.24) is 0 Å². The van der Waals surface area contributed by atoms with Crippen molar-refractivity contribution >= 4 is 0 Å². The van der Waals surface area contributed by atoms with Gasteiger partial charge in [-0.25, -0.2) is 0 Å². The van der Waals surface area contributed by atoms with Crippen LogP contribution >= 0.6 is 0 Å². The van der Waals surface area contributed by atoms with E-state index in [1.54, 1.807) is 0 Å². The molecule has 28 heavy (non-hydrogen) atoms. The monoisotopic (exact) mass is 388 g/mol. The van der Waals surface area contributed by atoms with Crippen molar-refractivity contribution in [1.29, 1.82) is 0 Å². The van der Waals surface area contributed by atoms with E-state index >= 15 is 0 Å². The van der Waals surface area contributed by atoms with Crippen LogP contribution in [0.5, 0.6) is 11.5 Å². The first-order chi connectivity index (χ1) is 13.4. The predicted octanol–water partition coefficient (Wildman–Crippen LogP) is 7.75. The summed E-state index contributed by atoms with van der Waals surface area (Å²) in [7, 11) is 0. The van der Waals surface area contributed by atoms with Gasteiger partial charge in [0.05, 0.1) is 13.2 Å². The maximum absolute atomic E-state index is 5.82. The molecular formula is C26H44O2. The molecule has 160 valence electrons. The Morgan fingerprint density at radius 2 is 1.00 bits per heavy atom. The highest BCUT2D eigenvalue weighted by Crippen LogP contribution is 2.20. The second-order valence-corrected chi connectivity index (χ2v) is 9.44. The normalized spacial score (nSPS) is 13.7. The summed E-state index contributed by atoms with van der Waals surface area (Å²) in [6.07, 6.45) is 10.1. The zero-order valence-electron chi connectivity index (χ0n) is 19.4.